The first kappa shape index (κ1) is 14.2. The lowest BCUT2D eigenvalue weighted by atomic mass is 10.2. The van der Waals surface area contributed by atoms with Crippen LogP contribution in [0, 0.1) is 0 Å². The van der Waals surface area contributed by atoms with Crippen LogP contribution in [0.2, 0.25) is 5.02 Å². The number of nitrogens with one attached hydrogen (secondary N) is 1. The molecule has 5 heteroatoms. The highest BCUT2D eigenvalue weighted by Gasteiger charge is 2.20. The molecule has 1 aromatic rings. The highest BCUT2D eigenvalue weighted by molar-refractivity contribution is 6.30. The number of anilines is 1. The predicted molar refractivity (Wildman–Crippen MR) is 78.8 cm³/mol. The average molecular weight is 282 g/mol. The second-order valence-electron chi connectivity index (χ2n) is 4.63. The van der Waals surface area contributed by atoms with Crippen molar-refractivity contribution in [2.24, 2.45) is 0 Å². The van der Waals surface area contributed by atoms with Crippen LogP contribution in [0.3, 0.4) is 0 Å². The Morgan fingerprint density at radius 3 is 2.68 bits per heavy atom. The molecule has 2 rings (SSSR count). The maximum Gasteiger partial charge on any atom is 0.236 e. The smallest absolute Gasteiger partial charge is 0.236 e. The van der Waals surface area contributed by atoms with E-state index in [0.717, 1.165) is 43.4 Å². The standard InChI is InChI=1S/C14H20ClN3O/c1-2-16-11-14(19)18-8-6-17(7-9-18)13-5-3-4-12(15)10-13/h3-5,10,16H,2,6-9,11H2,1H3. The topological polar surface area (TPSA) is 35.6 Å². The van der Waals surface area contributed by atoms with E-state index >= 15 is 0 Å². The molecule has 0 unspecified atom stereocenters. The quantitative estimate of drug-likeness (QED) is 0.911. The lowest BCUT2D eigenvalue weighted by molar-refractivity contribution is -0.130. The number of likely N-dealkylation sites (N-methyl/N-ethyl adjacent to an activating group) is 1. The van der Waals surface area contributed by atoms with Gasteiger partial charge in [0.2, 0.25) is 5.91 Å². The van der Waals surface area contributed by atoms with Crippen LogP contribution in [0.4, 0.5) is 5.69 Å². The number of hydrogen-bond donors (Lipinski definition) is 1. The molecule has 19 heavy (non-hydrogen) atoms. The van der Waals surface area contributed by atoms with Crippen molar-refractivity contribution in [3.05, 3.63) is 29.3 Å². The number of benzene rings is 1. The lowest BCUT2D eigenvalue weighted by Crippen LogP contribution is -2.50. The van der Waals surface area contributed by atoms with Gasteiger partial charge in [0.15, 0.2) is 0 Å². The summed E-state index contributed by atoms with van der Waals surface area (Å²) in [7, 11) is 0. The van der Waals surface area contributed by atoms with Crippen LogP contribution in [0.25, 0.3) is 0 Å². The third kappa shape index (κ3) is 3.85. The van der Waals surface area contributed by atoms with E-state index in [1.54, 1.807) is 0 Å². The molecule has 1 saturated heterocycles. The molecule has 0 atom stereocenters. The molecule has 104 valence electrons. The third-order valence-corrected chi connectivity index (χ3v) is 3.57. The summed E-state index contributed by atoms with van der Waals surface area (Å²) >= 11 is 6.00. The number of hydrogen-bond acceptors (Lipinski definition) is 3. The summed E-state index contributed by atoms with van der Waals surface area (Å²) in [6.45, 7) is 6.54. The van der Waals surface area contributed by atoms with E-state index in [0.29, 0.717) is 6.54 Å². The van der Waals surface area contributed by atoms with Crippen LogP contribution >= 0.6 is 11.6 Å². The molecular formula is C14H20ClN3O. The summed E-state index contributed by atoms with van der Waals surface area (Å²) in [4.78, 5) is 16.1. The van der Waals surface area contributed by atoms with E-state index in [-0.39, 0.29) is 5.91 Å². The van der Waals surface area contributed by atoms with Gasteiger partial charge in [0.25, 0.3) is 0 Å². The van der Waals surface area contributed by atoms with E-state index in [9.17, 15) is 4.79 Å². The lowest BCUT2D eigenvalue weighted by Gasteiger charge is -2.36. The fourth-order valence-corrected chi connectivity index (χ4v) is 2.42. The van der Waals surface area contributed by atoms with Gasteiger partial charge in [-0.25, -0.2) is 0 Å². The summed E-state index contributed by atoms with van der Waals surface area (Å²) < 4.78 is 0. The highest BCUT2D eigenvalue weighted by atomic mass is 35.5. The second-order valence-corrected chi connectivity index (χ2v) is 5.06. The van der Waals surface area contributed by atoms with Crippen LogP contribution < -0.4 is 10.2 Å². The minimum Gasteiger partial charge on any atom is -0.368 e. The molecule has 0 bridgehead atoms. The van der Waals surface area contributed by atoms with E-state index in [1.165, 1.54) is 0 Å². The zero-order chi connectivity index (χ0) is 13.7. The summed E-state index contributed by atoms with van der Waals surface area (Å²) in [6, 6.07) is 7.86. The molecule has 1 aliphatic heterocycles. The van der Waals surface area contributed by atoms with Crippen molar-refractivity contribution in [2.45, 2.75) is 6.92 Å². The Bertz CT molecular complexity index is 430. The van der Waals surface area contributed by atoms with Gasteiger partial charge in [-0.15, -0.1) is 0 Å². The molecule has 0 radical (unpaired) electrons. The monoisotopic (exact) mass is 281 g/mol. The number of nitrogens with zero attached hydrogens (tertiary/aromatic N) is 2. The SMILES string of the molecule is CCNCC(=O)N1CCN(c2cccc(Cl)c2)CC1. The molecule has 1 aromatic carbocycles. The number of carbonyl (C=O) groups is 1. The van der Waals surface area contributed by atoms with E-state index in [1.807, 2.05) is 30.0 Å². The van der Waals surface area contributed by atoms with Crippen molar-refractivity contribution in [1.29, 1.82) is 0 Å². The normalized spacial score (nSPS) is 15.7. The summed E-state index contributed by atoms with van der Waals surface area (Å²) in [5.41, 5.74) is 1.13. The molecule has 0 aliphatic carbocycles. The molecule has 4 nitrogen and oxygen atoms in total. The number of piperazine rings is 1. The molecule has 1 fully saturated rings. The van der Waals surface area contributed by atoms with Crippen molar-refractivity contribution >= 4 is 23.2 Å². The Labute approximate surface area is 119 Å². The Kier molecular flexibility index (Phi) is 5.05. The fourth-order valence-electron chi connectivity index (χ4n) is 2.23. The summed E-state index contributed by atoms with van der Waals surface area (Å²) in [6.07, 6.45) is 0. The molecule has 0 saturated carbocycles. The maximum absolute atomic E-state index is 11.9. The Morgan fingerprint density at radius 1 is 1.32 bits per heavy atom. The average Bonchev–Trinajstić information content (AvgIpc) is 2.45. The van der Waals surface area contributed by atoms with Crippen LogP contribution in [0.1, 0.15) is 6.92 Å². The largest absolute Gasteiger partial charge is 0.368 e. The first-order valence-corrected chi connectivity index (χ1v) is 7.07. The van der Waals surface area contributed by atoms with Gasteiger partial charge < -0.3 is 15.1 Å². The minimum atomic E-state index is 0.188. The summed E-state index contributed by atoms with van der Waals surface area (Å²) in [5.74, 6) is 0.188. The van der Waals surface area contributed by atoms with Gasteiger partial charge >= 0.3 is 0 Å². The molecule has 1 aliphatic rings. The van der Waals surface area contributed by atoms with Gasteiger partial charge in [-0.2, -0.15) is 0 Å². The minimum absolute atomic E-state index is 0.188. The van der Waals surface area contributed by atoms with Gasteiger partial charge in [-0.3, -0.25) is 4.79 Å². The highest BCUT2D eigenvalue weighted by Crippen LogP contribution is 2.20. The first-order valence-electron chi connectivity index (χ1n) is 6.69. The molecule has 1 amide bonds. The number of amides is 1. The number of carbonyl (C=O) groups excluding carboxylic acids is 1. The Hall–Kier alpha value is -1.26. The van der Waals surface area contributed by atoms with E-state index in [2.05, 4.69) is 16.3 Å². The van der Waals surface area contributed by atoms with Crippen LogP contribution in [0.5, 0.6) is 0 Å². The number of rotatable bonds is 4. The second kappa shape index (κ2) is 6.78. The van der Waals surface area contributed by atoms with E-state index < -0.39 is 0 Å². The van der Waals surface area contributed by atoms with Crippen LogP contribution in [-0.2, 0) is 4.79 Å². The molecular weight excluding hydrogens is 262 g/mol. The van der Waals surface area contributed by atoms with Crippen molar-refractivity contribution in [1.82, 2.24) is 10.2 Å². The van der Waals surface area contributed by atoms with Gasteiger partial charge in [0.05, 0.1) is 6.54 Å². The predicted octanol–water partition coefficient (Wildman–Crippen LogP) is 1.60. The fraction of sp³-hybridized carbons (Fsp3) is 0.500. The van der Waals surface area contributed by atoms with Gasteiger partial charge in [-0.05, 0) is 24.7 Å². The van der Waals surface area contributed by atoms with Crippen molar-refractivity contribution in [2.75, 3.05) is 44.2 Å². The molecule has 0 spiro atoms. The van der Waals surface area contributed by atoms with Crippen molar-refractivity contribution in [3.63, 3.8) is 0 Å². The third-order valence-electron chi connectivity index (χ3n) is 3.33. The van der Waals surface area contributed by atoms with Gasteiger partial charge in [0.1, 0.15) is 0 Å². The van der Waals surface area contributed by atoms with Crippen LogP contribution in [0.15, 0.2) is 24.3 Å². The molecule has 1 heterocycles. The van der Waals surface area contributed by atoms with Gasteiger partial charge in [0, 0.05) is 36.9 Å². The van der Waals surface area contributed by atoms with Crippen molar-refractivity contribution < 1.29 is 4.79 Å². The summed E-state index contributed by atoms with van der Waals surface area (Å²) in [5, 5.41) is 3.83. The van der Waals surface area contributed by atoms with Crippen LogP contribution in [-0.4, -0.2) is 50.1 Å². The maximum atomic E-state index is 11.9. The zero-order valence-corrected chi connectivity index (χ0v) is 12.0. The van der Waals surface area contributed by atoms with E-state index in [4.69, 9.17) is 11.6 Å². The molecule has 0 aromatic heterocycles. The van der Waals surface area contributed by atoms with Crippen molar-refractivity contribution in [3.8, 4) is 0 Å². The first-order chi connectivity index (χ1) is 9.20. The Balaban J connectivity index is 1.87. The zero-order valence-electron chi connectivity index (χ0n) is 11.2. The number of halogens is 1. The molecule has 1 N–H and O–H groups in total. The Morgan fingerprint density at radius 2 is 2.05 bits per heavy atom. The van der Waals surface area contributed by atoms with Gasteiger partial charge in [-0.1, -0.05) is 24.6 Å².